The molecular formula is C15H19N3OS. The van der Waals surface area contributed by atoms with Gasteiger partial charge in [-0.3, -0.25) is 5.10 Å². The molecule has 0 aliphatic carbocycles. The molecule has 0 fully saturated rings. The van der Waals surface area contributed by atoms with Crippen LogP contribution in [0.4, 0.5) is 0 Å². The number of hydrogen-bond donors (Lipinski definition) is 1. The fourth-order valence-electron chi connectivity index (χ4n) is 1.68. The van der Waals surface area contributed by atoms with Gasteiger partial charge in [-0.1, -0.05) is 43.3 Å². The molecule has 0 bridgehead atoms. The van der Waals surface area contributed by atoms with Crippen molar-refractivity contribution in [1.82, 2.24) is 15.2 Å². The molecule has 4 nitrogen and oxygen atoms in total. The Kier molecular flexibility index (Phi) is 5.68. The highest BCUT2D eigenvalue weighted by molar-refractivity contribution is 7.99. The quantitative estimate of drug-likeness (QED) is 0.454. The number of thioether (sulfide) groups is 1. The van der Waals surface area contributed by atoms with Crippen molar-refractivity contribution in [2.45, 2.75) is 24.9 Å². The van der Waals surface area contributed by atoms with E-state index in [1.54, 1.807) is 11.8 Å². The summed E-state index contributed by atoms with van der Waals surface area (Å²) in [5.74, 6) is 2.38. The first kappa shape index (κ1) is 14.7. The lowest BCUT2D eigenvalue weighted by Gasteiger charge is -2.08. The van der Waals surface area contributed by atoms with Gasteiger partial charge in [0.1, 0.15) is 5.75 Å². The number of para-hydroxylation sites is 1. The third kappa shape index (κ3) is 3.87. The number of aromatic amines is 1. The highest BCUT2D eigenvalue weighted by atomic mass is 32.2. The van der Waals surface area contributed by atoms with Gasteiger partial charge < -0.3 is 4.74 Å². The maximum Gasteiger partial charge on any atom is 0.209 e. The van der Waals surface area contributed by atoms with Gasteiger partial charge >= 0.3 is 0 Å². The molecule has 5 heteroatoms. The van der Waals surface area contributed by atoms with Gasteiger partial charge in [0.15, 0.2) is 5.82 Å². The molecule has 0 spiro atoms. The molecule has 0 aliphatic heterocycles. The lowest BCUT2D eigenvalue weighted by atomic mass is 10.2. The number of nitrogens with zero attached hydrogens (tertiary/aromatic N) is 2. The van der Waals surface area contributed by atoms with Crippen LogP contribution in [0.5, 0.6) is 5.75 Å². The zero-order valence-corrected chi connectivity index (χ0v) is 12.4. The summed E-state index contributed by atoms with van der Waals surface area (Å²) in [6.45, 7) is 6.56. The topological polar surface area (TPSA) is 50.8 Å². The molecule has 1 aromatic carbocycles. The molecule has 0 atom stereocenters. The van der Waals surface area contributed by atoms with Gasteiger partial charge in [-0.15, -0.1) is 11.7 Å². The number of unbranched alkanes of at least 4 members (excludes halogenated alkanes) is 1. The Balaban J connectivity index is 2.14. The lowest BCUT2D eigenvalue weighted by molar-refractivity contribution is 0.310. The molecule has 106 valence electrons. The Hall–Kier alpha value is -1.75. The predicted molar refractivity (Wildman–Crippen MR) is 83.1 cm³/mol. The Morgan fingerprint density at radius 1 is 1.40 bits per heavy atom. The van der Waals surface area contributed by atoms with Crippen molar-refractivity contribution < 1.29 is 4.74 Å². The van der Waals surface area contributed by atoms with E-state index < -0.39 is 0 Å². The van der Waals surface area contributed by atoms with Gasteiger partial charge in [-0.25, -0.2) is 4.98 Å². The van der Waals surface area contributed by atoms with E-state index >= 15 is 0 Å². The van der Waals surface area contributed by atoms with E-state index in [-0.39, 0.29) is 0 Å². The number of H-pyrrole nitrogens is 1. The van der Waals surface area contributed by atoms with Crippen LogP contribution in [-0.2, 0) is 0 Å². The Morgan fingerprint density at radius 3 is 3.05 bits per heavy atom. The molecule has 1 heterocycles. The molecule has 0 radical (unpaired) electrons. The van der Waals surface area contributed by atoms with Crippen LogP contribution < -0.4 is 4.74 Å². The van der Waals surface area contributed by atoms with Crippen LogP contribution in [0.3, 0.4) is 0 Å². The van der Waals surface area contributed by atoms with Crippen LogP contribution in [0, 0.1) is 0 Å². The minimum Gasteiger partial charge on any atom is -0.493 e. The summed E-state index contributed by atoms with van der Waals surface area (Å²) in [5, 5.41) is 7.88. The Morgan fingerprint density at radius 2 is 2.25 bits per heavy atom. The maximum absolute atomic E-state index is 5.81. The molecule has 2 rings (SSSR count). The first-order valence-corrected chi connectivity index (χ1v) is 7.72. The minimum atomic E-state index is 0.722. The number of benzene rings is 1. The third-order valence-corrected chi connectivity index (χ3v) is 3.54. The van der Waals surface area contributed by atoms with E-state index in [0.29, 0.717) is 0 Å². The summed E-state index contributed by atoms with van der Waals surface area (Å²) in [6, 6.07) is 7.89. The second kappa shape index (κ2) is 7.75. The molecule has 20 heavy (non-hydrogen) atoms. The van der Waals surface area contributed by atoms with Gasteiger partial charge in [0.25, 0.3) is 0 Å². The van der Waals surface area contributed by atoms with Crippen molar-refractivity contribution >= 4 is 11.8 Å². The van der Waals surface area contributed by atoms with Gasteiger partial charge in [0.2, 0.25) is 5.16 Å². The zero-order valence-electron chi connectivity index (χ0n) is 11.6. The highest BCUT2D eigenvalue weighted by Crippen LogP contribution is 2.28. The van der Waals surface area contributed by atoms with E-state index in [9.17, 15) is 0 Å². The first-order chi connectivity index (χ1) is 9.85. The fourth-order valence-corrected chi connectivity index (χ4v) is 2.21. The fraction of sp³-hybridized carbons (Fsp3) is 0.333. The minimum absolute atomic E-state index is 0.722. The molecule has 0 saturated heterocycles. The monoisotopic (exact) mass is 289 g/mol. The van der Waals surface area contributed by atoms with E-state index in [1.807, 2.05) is 30.3 Å². The Bertz CT molecular complexity index is 554. The smallest absolute Gasteiger partial charge is 0.209 e. The van der Waals surface area contributed by atoms with Crippen molar-refractivity contribution in [2.24, 2.45) is 0 Å². The Labute approximate surface area is 123 Å². The summed E-state index contributed by atoms with van der Waals surface area (Å²) >= 11 is 1.55. The summed E-state index contributed by atoms with van der Waals surface area (Å²) in [4.78, 5) is 4.48. The molecule has 0 amide bonds. The van der Waals surface area contributed by atoms with Crippen LogP contribution in [-0.4, -0.2) is 27.5 Å². The summed E-state index contributed by atoms with van der Waals surface area (Å²) in [5.41, 5.74) is 0.946. The van der Waals surface area contributed by atoms with Crippen molar-refractivity contribution in [2.75, 3.05) is 12.4 Å². The summed E-state index contributed by atoms with van der Waals surface area (Å²) in [7, 11) is 0. The highest BCUT2D eigenvalue weighted by Gasteiger charge is 2.10. The molecule has 0 unspecified atom stereocenters. The normalized spacial score (nSPS) is 10.4. The number of nitrogens with one attached hydrogen (secondary N) is 1. The molecule has 2 aromatic rings. The van der Waals surface area contributed by atoms with Crippen LogP contribution >= 0.6 is 11.8 Å². The summed E-state index contributed by atoms with van der Waals surface area (Å²) in [6.07, 6.45) is 4.00. The van der Waals surface area contributed by atoms with Crippen LogP contribution in [0.2, 0.25) is 0 Å². The largest absolute Gasteiger partial charge is 0.493 e. The average Bonchev–Trinajstić information content (AvgIpc) is 2.94. The van der Waals surface area contributed by atoms with Gasteiger partial charge in [-0.05, 0) is 18.6 Å². The van der Waals surface area contributed by atoms with E-state index in [1.165, 1.54) is 0 Å². The van der Waals surface area contributed by atoms with E-state index in [0.717, 1.165) is 47.5 Å². The third-order valence-electron chi connectivity index (χ3n) is 2.69. The first-order valence-electron chi connectivity index (χ1n) is 6.73. The van der Waals surface area contributed by atoms with Crippen LogP contribution in [0.25, 0.3) is 11.4 Å². The SMILES string of the molecule is C=CCSc1n[nH]c(-c2ccccc2OCCCC)n1. The molecule has 1 N–H and O–H groups in total. The number of rotatable bonds is 8. The average molecular weight is 289 g/mol. The maximum atomic E-state index is 5.81. The van der Waals surface area contributed by atoms with E-state index in [4.69, 9.17) is 4.74 Å². The van der Waals surface area contributed by atoms with Crippen molar-refractivity contribution in [1.29, 1.82) is 0 Å². The lowest BCUT2D eigenvalue weighted by Crippen LogP contribution is -1.98. The molecule has 1 aromatic heterocycles. The van der Waals surface area contributed by atoms with Gasteiger partial charge in [-0.2, -0.15) is 0 Å². The van der Waals surface area contributed by atoms with Gasteiger partial charge in [0.05, 0.1) is 12.2 Å². The number of ether oxygens (including phenoxy) is 1. The molecule has 0 saturated carbocycles. The van der Waals surface area contributed by atoms with Crippen LogP contribution in [0.15, 0.2) is 42.1 Å². The van der Waals surface area contributed by atoms with Crippen LogP contribution in [0.1, 0.15) is 19.8 Å². The van der Waals surface area contributed by atoms with Crippen molar-refractivity contribution in [3.8, 4) is 17.1 Å². The van der Waals surface area contributed by atoms with Gasteiger partial charge in [0, 0.05) is 5.75 Å². The standard InChI is InChI=1S/C15H19N3OS/c1-3-5-10-19-13-9-7-6-8-12(13)14-16-15(18-17-14)20-11-4-2/h4,6-9H,2-3,5,10-11H2,1H3,(H,16,17,18). The van der Waals surface area contributed by atoms with Crippen molar-refractivity contribution in [3.63, 3.8) is 0 Å². The van der Waals surface area contributed by atoms with E-state index in [2.05, 4.69) is 28.7 Å². The second-order valence-corrected chi connectivity index (χ2v) is 5.25. The molecule has 0 aliphatic rings. The second-order valence-electron chi connectivity index (χ2n) is 4.26. The molecular weight excluding hydrogens is 270 g/mol. The zero-order chi connectivity index (χ0) is 14.2. The number of hydrogen-bond acceptors (Lipinski definition) is 4. The number of aromatic nitrogens is 3. The summed E-state index contributed by atoms with van der Waals surface area (Å²) < 4.78 is 5.81. The van der Waals surface area contributed by atoms with Crippen molar-refractivity contribution in [3.05, 3.63) is 36.9 Å². The predicted octanol–water partition coefficient (Wildman–Crippen LogP) is 3.93.